The number of carbonyl (C=O) groups excluding carboxylic acids is 1. The number of hydrogen-bond donors (Lipinski definition) is 1. The zero-order valence-electron chi connectivity index (χ0n) is 11.1. The van der Waals surface area contributed by atoms with Crippen molar-refractivity contribution in [3.8, 4) is 0 Å². The molecule has 2 aromatic rings. The van der Waals surface area contributed by atoms with Crippen molar-refractivity contribution in [1.29, 1.82) is 0 Å². The number of amides is 1. The third-order valence-corrected chi connectivity index (χ3v) is 4.15. The molecule has 2 unspecified atom stereocenters. The molecule has 2 atom stereocenters. The number of benzene rings is 2. The first-order chi connectivity index (χ1) is 9.75. The van der Waals surface area contributed by atoms with Gasteiger partial charge in [-0.2, -0.15) is 0 Å². The number of carbonyl (C=O) groups is 1. The lowest BCUT2D eigenvalue weighted by atomic mass is 9.77. The van der Waals surface area contributed by atoms with Gasteiger partial charge in [-0.3, -0.25) is 4.79 Å². The van der Waals surface area contributed by atoms with Gasteiger partial charge in [-0.15, -0.1) is 0 Å². The van der Waals surface area contributed by atoms with E-state index in [1.54, 1.807) is 0 Å². The van der Waals surface area contributed by atoms with Crippen LogP contribution in [-0.4, -0.2) is 12.5 Å². The highest BCUT2D eigenvalue weighted by molar-refractivity contribution is 6.30. The molecule has 0 aliphatic carbocycles. The second-order valence-corrected chi connectivity index (χ2v) is 5.56. The SMILES string of the molecule is O=C1NCCC(c2ccc(Cl)cc2)C1c1ccccc1. The average molecular weight is 286 g/mol. The highest BCUT2D eigenvalue weighted by Gasteiger charge is 2.33. The van der Waals surface area contributed by atoms with Crippen LogP contribution in [0.1, 0.15) is 29.4 Å². The predicted molar refractivity (Wildman–Crippen MR) is 81.0 cm³/mol. The second-order valence-electron chi connectivity index (χ2n) is 5.13. The first kappa shape index (κ1) is 13.2. The Morgan fingerprint density at radius 1 is 0.950 bits per heavy atom. The molecule has 0 bridgehead atoms. The lowest BCUT2D eigenvalue weighted by Gasteiger charge is -2.31. The molecule has 2 aromatic carbocycles. The molecule has 102 valence electrons. The maximum Gasteiger partial charge on any atom is 0.228 e. The topological polar surface area (TPSA) is 29.1 Å². The van der Waals surface area contributed by atoms with Crippen molar-refractivity contribution in [2.75, 3.05) is 6.54 Å². The predicted octanol–water partition coefficient (Wildman–Crippen LogP) is 3.73. The highest BCUT2D eigenvalue weighted by Crippen LogP contribution is 2.38. The quantitative estimate of drug-likeness (QED) is 0.895. The molecule has 0 saturated carbocycles. The Morgan fingerprint density at radius 3 is 2.35 bits per heavy atom. The monoisotopic (exact) mass is 285 g/mol. The van der Waals surface area contributed by atoms with Crippen LogP contribution in [0.5, 0.6) is 0 Å². The van der Waals surface area contributed by atoms with E-state index in [0.717, 1.165) is 23.6 Å². The minimum Gasteiger partial charge on any atom is -0.356 e. The third-order valence-electron chi connectivity index (χ3n) is 3.90. The number of piperidine rings is 1. The summed E-state index contributed by atoms with van der Waals surface area (Å²) >= 11 is 5.95. The van der Waals surface area contributed by atoms with Gasteiger partial charge in [0, 0.05) is 17.5 Å². The third kappa shape index (κ3) is 2.56. The Morgan fingerprint density at radius 2 is 1.65 bits per heavy atom. The molecule has 0 spiro atoms. The molecular formula is C17H16ClNO. The van der Waals surface area contributed by atoms with Gasteiger partial charge in [0.1, 0.15) is 0 Å². The molecule has 3 rings (SSSR count). The molecule has 20 heavy (non-hydrogen) atoms. The van der Waals surface area contributed by atoms with Gasteiger partial charge in [0.2, 0.25) is 5.91 Å². The van der Waals surface area contributed by atoms with E-state index < -0.39 is 0 Å². The molecule has 1 fully saturated rings. The van der Waals surface area contributed by atoms with Crippen LogP contribution in [0.2, 0.25) is 5.02 Å². The van der Waals surface area contributed by atoms with E-state index in [4.69, 9.17) is 11.6 Å². The molecule has 3 heteroatoms. The fourth-order valence-electron chi connectivity index (χ4n) is 2.92. The van der Waals surface area contributed by atoms with Gasteiger partial charge < -0.3 is 5.32 Å². The van der Waals surface area contributed by atoms with Crippen LogP contribution in [0.15, 0.2) is 54.6 Å². The minimum atomic E-state index is -0.119. The number of halogens is 1. The van der Waals surface area contributed by atoms with Crippen LogP contribution in [0.3, 0.4) is 0 Å². The van der Waals surface area contributed by atoms with Gasteiger partial charge in [-0.1, -0.05) is 54.1 Å². The van der Waals surface area contributed by atoms with Gasteiger partial charge in [-0.25, -0.2) is 0 Å². The maximum absolute atomic E-state index is 12.3. The van der Waals surface area contributed by atoms with Crippen LogP contribution < -0.4 is 5.32 Å². The van der Waals surface area contributed by atoms with Crippen LogP contribution in [0.4, 0.5) is 0 Å². The van der Waals surface area contributed by atoms with Gasteiger partial charge in [0.25, 0.3) is 0 Å². The zero-order valence-corrected chi connectivity index (χ0v) is 11.8. The molecule has 1 aliphatic rings. The van der Waals surface area contributed by atoms with E-state index in [2.05, 4.69) is 5.32 Å². The van der Waals surface area contributed by atoms with Gasteiger partial charge in [0.05, 0.1) is 5.92 Å². The first-order valence-corrected chi connectivity index (χ1v) is 7.21. The molecular weight excluding hydrogens is 270 g/mol. The van der Waals surface area contributed by atoms with Crippen LogP contribution in [0, 0.1) is 0 Å². The van der Waals surface area contributed by atoms with E-state index in [9.17, 15) is 4.79 Å². The molecule has 1 saturated heterocycles. The summed E-state index contributed by atoms with van der Waals surface area (Å²) in [7, 11) is 0. The lowest BCUT2D eigenvalue weighted by Crippen LogP contribution is -2.39. The Hall–Kier alpha value is -1.80. The molecule has 1 aliphatic heterocycles. The Labute approximate surface area is 123 Å². The number of hydrogen-bond acceptors (Lipinski definition) is 1. The summed E-state index contributed by atoms with van der Waals surface area (Å²) in [6, 6.07) is 17.8. The van der Waals surface area contributed by atoms with E-state index in [1.807, 2.05) is 54.6 Å². The molecule has 0 radical (unpaired) electrons. The van der Waals surface area contributed by atoms with Crippen molar-refractivity contribution >= 4 is 17.5 Å². The smallest absolute Gasteiger partial charge is 0.228 e. The summed E-state index contributed by atoms with van der Waals surface area (Å²) in [6.07, 6.45) is 0.951. The highest BCUT2D eigenvalue weighted by atomic mass is 35.5. The summed E-state index contributed by atoms with van der Waals surface area (Å²) in [5.74, 6) is 0.206. The van der Waals surface area contributed by atoms with Crippen molar-refractivity contribution in [2.24, 2.45) is 0 Å². The van der Waals surface area contributed by atoms with Gasteiger partial charge in [0.15, 0.2) is 0 Å². The van der Waals surface area contributed by atoms with Crippen molar-refractivity contribution in [1.82, 2.24) is 5.32 Å². The van der Waals surface area contributed by atoms with Crippen molar-refractivity contribution in [3.63, 3.8) is 0 Å². The Kier molecular flexibility index (Phi) is 3.75. The Balaban J connectivity index is 1.98. The zero-order chi connectivity index (χ0) is 13.9. The number of nitrogens with one attached hydrogen (secondary N) is 1. The largest absolute Gasteiger partial charge is 0.356 e. The molecule has 1 heterocycles. The summed E-state index contributed by atoms with van der Waals surface area (Å²) < 4.78 is 0. The second kappa shape index (κ2) is 5.68. The van der Waals surface area contributed by atoms with Gasteiger partial charge in [-0.05, 0) is 29.7 Å². The van der Waals surface area contributed by atoms with E-state index in [0.29, 0.717) is 0 Å². The minimum absolute atomic E-state index is 0.113. The van der Waals surface area contributed by atoms with Crippen molar-refractivity contribution in [2.45, 2.75) is 18.3 Å². The summed E-state index contributed by atoms with van der Waals surface area (Å²) in [6.45, 7) is 0.732. The normalized spacial score (nSPS) is 22.4. The fraction of sp³-hybridized carbons (Fsp3) is 0.235. The molecule has 1 N–H and O–H groups in total. The molecule has 0 aromatic heterocycles. The lowest BCUT2D eigenvalue weighted by molar-refractivity contribution is -0.124. The van der Waals surface area contributed by atoms with Crippen LogP contribution in [0.25, 0.3) is 0 Å². The first-order valence-electron chi connectivity index (χ1n) is 6.84. The average Bonchev–Trinajstić information content (AvgIpc) is 2.49. The van der Waals surface area contributed by atoms with E-state index in [1.165, 1.54) is 5.56 Å². The molecule has 1 amide bonds. The van der Waals surface area contributed by atoms with Crippen molar-refractivity contribution < 1.29 is 4.79 Å². The van der Waals surface area contributed by atoms with Gasteiger partial charge >= 0.3 is 0 Å². The van der Waals surface area contributed by atoms with Crippen LogP contribution in [-0.2, 0) is 4.79 Å². The van der Waals surface area contributed by atoms with E-state index >= 15 is 0 Å². The standard InChI is InChI=1S/C17H16ClNO/c18-14-8-6-12(7-9-14)15-10-11-19-17(20)16(15)13-4-2-1-3-5-13/h1-9,15-16H,10-11H2,(H,19,20). The van der Waals surface area contributed by atoms with E-state index in [-0.39, 0.29) is 17.7 Å². The summed E-state index contributed by atoms with van der Waals surface area (Å²) in [5.41, 5.74) is 2.25. The Bertz CT molecular complexity index is 594. The fourth-order valence-corrected chi connectivity index (χ4v) is 3.05. The number of rotatable bonds is 2. The summed E-state index contributed by atoms with van der Waals surface area (Å²) in [4.78, 5) is 12.3. The molecule has 2 nitrogen and oxygen atoms in total. The van der Waals surface area contributed by atoms with Crippen LogP contribution >= 0.6 is 11.6 Å². The maximum atomic E-state index is 12.3. The van der Waals surface area contributed by atoms with Crippen molar-refractivity contribution in [3.05, 3.63) is 70.7 Å². The summed E-state index contributed by atoms with van der Waals surface area (Å²) in [5, 5.41) is 3.70.